The van der Waals surface area contributed by atoms with Gasteiger partial charge in [-0.05, 0) is 43.4 Å². The van der Waals surface area contributed by atoms with Crippen LogP contribution in [0.4, 0.5) is 0 Å². The summed E-state index contributed by atoms with van der Waals surface area (Å²) >= 11 is 0. The van der Waals surface area contributed by atoms with E-state index in [1.165, 1.54) is 4.31 Å². The molecule has 3 N–H and O–H groups in total. The van der Waals surface area contributed by atoms with Crippen LogP contribution in [0.3, 0.4) is 0 Å². The summed E-state index contributed by atoms with van der Waals surface area (Å²) in [6, 6.07) is 6.60. The van der Waals surface area contributed by atoms with Gasteiger partial charge in [-0.25, -0.2) is 8.42 Å². The number of sulfonamides is 1. The summed E-state index contributed by atoms with van der Waals surface area (Å²) in [6.45, 7) is 2.77. The molecule has 1 heterocycles. The highest BCUT2D eigenvalue weighted by Crippen LogP contribution is 2.24. The van der Waals surface area contributed by atoms with Crippen molar-refractivity contribution in [3.63, 3.8) is 0 Å². The van der Waals surface area contributed by atoms with Crippen molar-refractivity contribution in [2.24, 2.45) is 11.7 Å². The summed E-state index contributed by atoms with van der Waals surface area (Å²) in [5, 5.41) is 9.22. The first-order chi connectivity index (χ1) is 9.45. The van der Waals surface area contributed by atoms with E-state index < -0.39 is 10.0 Å². The van der Waals surface area contributed by atoms with Gasteiger partial charge in [-0.15, -0.1) is 0 Å². The highest BCUT2D eigenvalue weighted by molar-refractivity contribution is 7.89. The van der Waals surface area contributed by atoms with E-state index in [0.29, 0.717) is 13.1 Å². The molecule has 1 fully saturated rings. The van der Waals surface area contributed by atoms with Crippen LogP contribution in [-0.4, -0.2) is 37.5 Å². The summed E-state index contributed by atoms with van der Waals surface area (Å²) in [5.41, 5.74) is 6.61. The molecule has 20 heavy (non-hydrogen) atoms. The Bertz CT molecular complexity index is 557. The van der Waals surface area contributed by atoms with Gasteiger partial charge in [0.2, 0.25) is 10.0 Å². The number of nitrogens with two attached hydrogens (primary N) is 1. The predicted octanol–water partition coefficient (Wildman–Crippen LogP) is 1.10. The summed E-state index contributed by atoms with van der Waals surface area (Å²) in [7, 11) is -3.49. The minimum Gasteiger partial charge on any atom is -0.396 e. The van der Waals surface area contributed by atoms with Crippen LogP contribution < -0.4 is 5.73 Å². The molecule has 1 aliphatic rings. The number of piperidine rings is 1. The van der Waals surface area contributed by atoms with Gasteiger partial charge in [-0.2, -0.15) is 4.31 Å². The van der Waals surface area contributed by atoms with E-state index in [1.807, 2.05) is 13.0 Å². The molecule has 0 bridgehead atoms. The minimum atomic E-state index is -3.49. The second-order valence-electron chi connectivity index (χ2n) is 5.42. The molecular formula is C14H22N2O3S. The molecule has 1 aliphatic heterocycles. The van der Waals surface area contributed by atoms with E-state index in [1.54, 1.807) is 18.2 Å². The number of hydrogen-bond donors (Lipinski definition) is 2. The molecule has 0 amide bonds. The summed E-state index contributed by atoms with van der Waals surface area (Å²) in [5.74, 6) is 0.0372. The van der Waals surface area contributed by atoms with Crippen LogP contribution >= 0.6 is 0 Å². The fourth-order valence-corrected chi connectivity index (χ4v) is 4.11. The van der Waals surface area contributed by atoms with E-state index in [9.17, 15) is 13.5 Å². The highest BCUT2D eigenvalue weighted by Gasteiger charge is 2.30. The monoisotopic (exact) mass is 298 g/mol. The zero-order valence-corrected chi connectivity index (χ0v) is 12.5. The second-order valence-corrected chi connectivity index (χ2v) is 7.35. The Morgan fingerprint density at radius 2 is 2.25 bits per heavy atom. The van der Waals surface area contributed by atoms with Crippen LogP contribution in [0.5, 0.6) is 0 Å². The minimum absolute atomic E-state index is 0.0336. The molecule has 0 spiro atoms. The van der Waals surface area contributed by atoms with E-state index in [4.69, 9.17) is 5.73 Å². The van der Waals surface area contributed by atoms with Gasteiger partial charge < -0.3 is 10.8 Å². The van der Waals surface area contributed by atoms with E-state index >= 15 is 0 Å². The Morgan fingerprint density at radius 1 is 1.50 bits per heavy atom. The summed E-state index contributed by atoms with van der Waals surface area (Å²) in [6.07, 6.45) is 1.67. The molecular weight excluding hydrogens is 276 g/mol. The molecule has 0 aliphatic carbocycles. The molecule has 2 atom stereocenters. The highest BCUT2D eigenvalue weighted by atomic mass is 32.2. The Morgan fingerprint density at radius 3 is 2.90 bits per heavy atom. The normalized spacial score (nSPS) is 22.6. The van der Waals surface area contributed by atoms with Gasteiger partial charge >= 0.3 is 0 Å². The standard InChI is InChI=1S/C14H22N2O3S/c1-11(15)13-5-2-6-14(8-13)20(18,19)16-7-3-4-12(9-16)10-17/h2,5-6,8,11-12,17H,3-4,7,9-10,15H2,1H3. The Kier molecular flexibility index (Phi) is 4.80. The van der Waals surface area contributed by atoms with Crippen molar-refractivity contribution in [1.29, 1.82) is 0 Å². The Hall–Kier alpha value is -0.950. The lowest BCUT2D eigenvalue weighted by Gasteiger charge is -2.31. The van der Waals surface area contributed by atoms with E-state index in [2.05, 4.69) is 0 Å². The number of aliphatic hydroxyl groups excluding tert-OH is 1. The lowest BCUT2D eigenvalue weighted by atomic mass is 10.0. The van der Waals surface area contributed by atoms with Gasteiger partial charge in [0.05, 0.1) is 4.90 Å². The van der Waals surface area contributed by atoms with Gasteiger partial charge in [0.1, 0.15) is 0 Å². The maximum Gasteiger partial charge on any atom is 0.243 e. The van der Waals surface area contributed by atoms with E-state index in [0.717, 1.165) is 18.4 Å². The van der Waals surface area contributed by atoms with Crippen molar-refractivity contribution in [1.82, 2.24) is 4.31 Å². The maximum atomic E-state index is 12.6. The molecule has 0 aromatic heterocycles. The van der Waals surface area contributed by atoms with Crippen LogP contribution in [0.15, 0.2) is 29.2 Å². The predicted molar refractivity (Wildman–Crippen MR) is 77.6 cm³/mol. The Labute approximate surface area is 120 Å². The lowest BCUT2D eigenvalue weighted by Crippen LogP contribution is -2.40. The quantitative estimate of drug-likeness (QED) is 0.872. The van der Waals surface area contributed by atoms with Gasteiger partial charge in [-0.3, -0.25) is 0 Å². The van der Waals surface area contributed by atoms with Crippen molar-refractivity contribution in [2.45, 2.75) is 30.7 Å². The van der Waals surface area contributed by atoms with Crippen molar-refractivity contribution >= 4 is 10.0 Å². The lowest BCUT2D eigenvalue weighted by molar-refractivity contribution is 0.165. The third kappa shape index (κ3) is 3.20. The molecule has 0 radical (unpaired) electrons. The molecule has 1 aromatic rings. The number of benzene rings is 1. The average molecular weight is 298 g/mol. The topological polar surface area (TPSA) is 83.6 Å². The van der Waals surface area contributed by atoms with Gasteiger partial charge in [0.25, 0.3) is 0 Å². The average Bonchev–Trinajstić information content (AvgIpc) is 2.47. The summed E-state index contributed by atoms with van der Waals surface area (Å²) < 4.78 is 26.7. The van der Waals surface area contributed by atoms with Crippen molar-refractivity contribution in [3.8, 4) is 0 Å². The zero-order chi connectivity index (χ0) is 14.8. The van der Waals surface area contributed by atoms with Gasteiger partial charge in [0.15, 0.2) is 0 Å². The van der Waals surface area contributed by atoms with Crippen LogP contribution in [0.2, 0.25) is 0 Å². The fraction of sp³-hybridized carbons (Fsp3) is 0.571. The number of aliphatic hydroxyl groups is 1. The first-order valence-electron chi connectivity index (χ1n) is 6.91. The SMILES string of the molecule is CC(N)c1cccc(S(=O)(=O)N2CCCC(CO)C2)c1. The van der Waals surface area contributed by atoms with Gasteiger partial charge in [-0.1, -0.05) is 12.1 Å². The fourth-order valence-electron chi connectivity index (χ4n) is 2.50. The zero-order valence-electron chi connectivity index (χ0n) is 11.7. The van der Waals surface area contributed by atoms with Crippen LogP contribution in [0.1, 0.15) is 31.4 Å². The molecule has 1 aromatic carbocycles. The first kappa shape index (κ1) is 15.4. The number of hydrogen-bond acceptors (Lipinski definition) is 4. The van der Waals surface area contributed by atoms with Crippen molar-refractivity contribution in [2.75, 3.05) is 19.7 Å². The van der Waals surface area contributed by atoms with Crippen LogP contribution in [-0.2, 0) is 10.0 Å². The number of rotatable bonds is 4. The molecule has 2 rings (SSSR count). The third-order valence-electron chi connectivity index (χ3n) is 3.76. The van der Waals surface area contributed by atoms with E-state index in [-0.39, 0.29) is 23.5 Å². The molecule has 112 valence electrons. The largest absolute Gasteiger partial charge is 0.396 e. The molecule has 6 heteroatoms. The summed E-state index contributed by atoms with van der Waals surface area (Å²) in [4.78, 5) is 0.283. The van der Waals surface area contributed by atoms with Crippen LogP contribution in [0.25, 0.3) is 0 Å². The smallest absolute Gasteiger partial charge is 0.243 e. The van der Waals surface area contributed by atoms with Crippen molar-refractivity contribution < 1.29 is 13.5 Å². The molecule has 1 saturated heterocycles. The molecule has 0 saturated carbocycles. The molecule has 2 unspecified atom stereocenters. The molecule has 5 nitrogen and oxygen atoms in total. The van der Waals surface area contributed by atoms with Crippen LogP contribution in [0, 0.1) is 5.92 Å². The maximum absolute atomic E-state index is 12.6. The van der Waals surface area contributed by atoms with Crippen molar-refractivity contribution in [3.05, 3.63) is 29.8 Å². The third-order valence-corrected chi connectivity index (χ3v) is 5.62. The second kappa shape index (κ2) is 6.22. The Balaban J connectivity index is 2.28. The van der Waals surface area contributed by atoms with Gasteiger partial charge in [0, 0.05) is 25.7 Å². The number of nitrogens with zero attached hydrogens (tertiary/aromatic N) is 1. The first-order valence-corrected chi connectivity index (χ1v) is 8.35.